The van der Waals surface area contributed by atoms with E-state index in [1.807, 2.05) is 19.9 Å². The van der Waals surface area contributed by atoms with E-state index in [4.69, 9.17) is 5.11 Å². The van der Waals surface area contributed by atoms with Gasteiger partial charge in [-0.3, -0.25) is 9.59 Å². The molecule has 3 N–H and O–H groups in total. The van der Waals surface area contributed by atoms with E-state index < -0.39 is 0 Å². The number of aliphatic hydroxyl groups is 1. The quantitative estimate of drug-likeness (QED) is 0.633. The molecule has 2 amide bonds. The number of aliphatic hydroxyl groups excluding tert-OH is 1. The van der Waals surface area contributed by atoms with E-state index in [9.17, 15) is 9.59 Å². The Balaban J connectivity index is 2.15. The van der Waals surface area contributed by atoms with Crippen LogP contribution in [0.25, 0.3) is 0 Å². The van der Waals surface area contributed by atoms with Crippen LogP contribution in [0, 0.1) is 12.8 Å². The van der Waals surface area contributed by atoms with E-state index in [-0.39, 0.29) is 30.9 Å². The Labute approximate surface area is 123 Å². The monoisotopic (exact) mass is 298 g/mol. The van der Waals surface area contributed by atoms with Gasteiger partial charge in [-0.2, -0.15) is 0 Å². The molecule has 0 saturated carbocycles. The first-order valence-electron chi connectivity index (χ1n) is 6.75. The van der Waals surface area contributed by atoms with E-state index in [1.54, 1.807) is 6.07 Å². The lowest BCUT2D eigenvalue weighted by molar-refractivity contribution is -0.120. The second-order valence-electron chi connectivity index (χ2n) is 4.87. The van der Waals surface area contributed by atoms with Crippen LogP contribution in [-0.2, 0) is 4.79 Å². The van der Waals surface area contributed by atoms with Crippen molar-refractivity contribution in [3.63, 3.8) is 0 Å². The summed E-state index contributed by atoms with van der Waals surface area (Å²) in [4.78, 5) is 24.9. The molecular formula is C14H22N2O3S. The predicted molar refractivity (Wildman–Crippen MR) is 79.9 cm³/mol. The van der Waals surface area contributed by atoms with Gasteiger partial charge in [0.25, 0.3) is 5.91 Å². The molecule has 6 heteroatoms. The summed E-state index contributed by atoms with van der Waals surface area (Å²) in [5.41, 5.74) is 0. The first-order valence-corrected chi connectivity index (χ1v) is 7.56. The summed E-state index contributed by atoms with van der Waals surface area (Å²) in [6.45, 7) is 4.62. The molecule has 20 heavy (non-hydrogen) atoms. The second-order valence-corrected chi connectivity index (χ2v) is 6.16. The zero-order valence-electron chi connectivity index (χ0n) is 11.9. The number of thiophene rings is 1. The van der Waals surface area contributed by atoms with Crippen molar-refractivity contribution in [2.75, 3.05) is 19.7 Å². The van der Waals surface area contributed by atoms with E-state index >= 15 is 0 Å². The van der Waals surface area contributed by atoms with Crippen LogP contribution in [0.2, 0.25) is 0 Å². The standard InChI is InChI=1S/C14H22N2O3S/c1-10(9-17)4-3-7-15-13(18)8-16-14(19)12-6-5-11(2)20-12/h5-6,10,17H,3-4,7-9H2,1-2H3,(H,15,18)(H,16,19). The van der Waals surface area contributed by atoms with Crippen molar-refractivity contribution < 1.29 is 14.7 Å². The Hall–Kier alpha value is -1.40. The molecule has 1 aromatic heterocycles. The summed E-state index contributed by atoms with van der Waals surface area (Å²) >= 11 is 1.41. The van der Waals surface area contributed by atoms with Gasteiger partial charge in [-0.1, -0.05) is 6.92 Å². The lowest BCUT2D eigenvalue weighted by atomic mass is 10.1. The Morgan fingerprint density at radius 1 is 1.35 bits per heavy atom. The summed E-state index contributed by atoms with van der Waals surface area (Å²) in [5.74, 6) is -0.149. The third kappa shape index (κ3) is 6.16. The van der Waals surface area contributed by atoms with E-state index in [0.717, 1.165) is 17.7 Å². The minimum atomic E-state index is -0.216. The number of rotatable bonds is 8. The largest absolute Gasteiger partial charge is 0.396 e. The lowest BCUT2D eigenvalue weighted by Crippen LogP contribution is -2.37. The molecule has 0 bridgehead atoms. The lowest BCUT2D eigenvalue weighted by Gasteiger charge is -2.08. The predicted octanol–water partition coefficient (Wildman–Crippen LogP) is 1.31. The maximum absolute atomic E-state index is 11.7. The molecule has 1 heterocycles. The first kappa shape index (κ1) is 16.7. The topological polar surface area (TPSA) is 78.4 Å². The Morgan fingerprint density at radius 3 is 2.70 bits per heavy atom. The smallest absolute Gasteiger partial charge is 0.261 e. The molecule has 1 rings (SSSR count). The minimum absolute atomic E-state index is 0.00860. The maximum atomic E-state index is 11.7. The van der Waals surface area contributed by atoms with Crippen LogP contribution in [0.1, 0.15) is 34.3 Å². The number of carbonyl (C=O) groups excluding carboxylic acids is 2. The van der Waals surface area contributed by atoms with Crippen LogP contribution in [0.15, 0.2) is 12.1 Å². The zero-order chi connectivity index (χ0) is 15.0. The molecule has 1 unspecified atom stereocenters. The summed E-state index contributed by atoms with van der Waals surface area (Å²) in [6, 6.07) is 3.63. The van der Waals surface area contributed by atoms with Gasteiger partial charge in [0.15, 0.2) is 0 Å². The van der Waals surface area contributed by atoms with Crippen LogP contribution in [0.4, 0.5) is 0 Å². The highest BCUT2D eigenvalue weighted by Crippen LogP contribution is 2.14. The Bertz CT molecular complexity index is 445. The second kappa shape index (κ2) is 8.71. The highest BCUT2D eigenvalue weighted by molar-refractivity contribution is 7.13. The van der Waals surface area contributed by atoms with E-state index in [1.165, 1.54) is 11.3 Å². The van der Waals surface area contributed by atoms with Gasteiger partial charge >= 0.3 is 0 Å². The molecule has 0 aliphatic rings. The number of hydrogen-bond donors (Lipinski definition) is 3. The van der Waals surface area contributed by atoms with Gasteiger partial charge in [0.2, 0.25) is 5.91 Å². The van der Waals surface area contributed by atoms with Crippen molar-refractivity contribution >= 4 is 23.2 Å². The molecule has 1 aromatic rings. The average molecular weight is 298 g/mol. The van der Waals surface area contributed by atoms with Gasteiger partial charge in [0, 0.05) is 18.0 Å². The molecule has 0 fully saturated rings. The van der Waals surface area contributed by atoms with Crippen molar-refractivity contribution in [3.05, 3.63) is 21.9 Å². The van der Waals surface area contributed by atoms with Crippen LogP contribution in [-0.4, -0.2) is 36.6 Å². The van der Waals surface area contributed by atoms with Crippen molar-refractivity contribution in [1.29, 1.82) is 0 Å². The Kier molecular flexibility index (Phi) is 7.25. The summed E-state index contributed by atoms with van der Waals surface area (Å²) in [7, 11) is 0. The van der Waals surface area contributed by atoms with E-state index in [2.05, 4.69) is 10.6 Å². The number of carbonyl (C=O) groups is 2. The molecule has 0 spiro atoms. The van der Waals surface area contributed by atoms with Crippen molar-refractivity contribution in [2.45, 2.75) is 26.7 Å². The first-order chi connectivity index (χ1) is 9.52. The fraction of sp³-hybridized carbons (Fsp3) is 0.571. The summed E-state index contributed by atoms with van der Waals surface area (Å²) in [6.07, 6.45) is 1.70. The molecule has 112 valence electrons. The van der Waals surface area contributed by atoms with Gasteiger partial charge in [-0.05, 0) is 37.8 Å². The zero-order valence-corrected chi connectivity index (χ0v) is 12.8. The highest BCUT2D eigenvalue weighted by atomic mass is 32.1. The third-order valence-corrected chi connectivity index (χ3v) is 3.88. The Morgan fingerprint density at radius 2 is 2.10 bits per heavy atom. The average Bonchev–Trinajstić information content (AvgIpc) is 2.87. The normalized spacial score (nSPS) is 11.9. The van der Waals surface area contributed by atoms with Gasteiger partial charge < -0.3 is 15.7 Å². The number of aryl methyl sites for hydroxylation is 1. The van der Waals surface area contributed by atoms with Gasteiger partial charge in [0.1, 0.15) is 0 Å². The fourth-order valence-electron chi connectivity index (χ4n) is 1.64. The van der Waals surface area contributed by atoms with Crippen LogP contribution >= 0.6 is 11.3 Å². The molecule has 0 aliphatic carbocycles. The van der Waals surface area contributed by atoms with Crippen LogP contribution < -0.4 is 10.6 Å². The van der Waals surface area contributed by atoms with Crippen LogP contribution in [0.3, 0.4) is 0 Å². The molecule has 0 saturated heterocycles. The SMILES string of the molecule is Cc1ccc(C(=O)NCC(=O)NCCCC(C)CO)s1. The minimum Gasteiger partial charge on any atom is -0.396 e. The molecule has 0 radical (unpaired) electrons. The van der Waals surface area contributed by atoms with Gasteiger partial charge in [-0.15, -0.1) is 11.3 Å². The molecule has 0 aromatic carbocycles. The summed E-state index contributed by atoms with van der Waals surface area (Å²) in [5, 5.41) is 14.2. The molecule has 1 atom stereocenters. The van der Waals surface area contributed by atoms with Crippen molar-refractivity contribution in [1.82, 2.24) is 10.6 Å². The van der Waals surface area contributed by atoms with Crippen molar-refractivity contribution in [2.24, 2.45) is 5.92 Å². The van der Waals surface area contributed by atoms with E-state index in [0.29, 0.717) is 11.4 Å². The maximum Gasteiger partial charge on any atom is 0.261 e. The van der Waals surface area contributed by atoms with Crippen LogP contribution in [0.5, 0.6) is 0 Å². The highest BCUT2D eigenvalue weighted by Gasteiger charge is 2.09. The van der Waals surface area contributed by atoms with Gasteiger partial charge in [0.05, 0.1) is 11.4 Å². The van der Waals surface area contributed by atoms with Gasteiger partial charge in [-0.25, -0.2) is 0 Å². The molecular weight excluding hydrogens is 276 g/mol. The summed E-state index contributed by atoms with van der Waals surface area (Å²) < 4.78 is 0. The van der Waals surface area contributed by atoms with Crippen molar-refractivity contribution in [3.8, 4) is 0 Å². The number of amides is 2. The molecule has 0 aliphatic heterocycles. The number of nitrogens with one attached hydrogen (secondary N) is 2. The fourth-order valence-corrected chi connectivity index (χ4v) is 2.42. The number of hydrogen-bond acceptors (Lipinski definition) is 4. The third-order valence-electron chi connectivity index (χ3n) is 2.88. The molecule has 5 nitrogen and oxygen atoms in total.